The van der Waals surface area contributed by atoms with Crippen LogP contribution in [0, 0.1) is 5.41 Å². The molecule has 3 heteroatoms. The van der Waals surface area contributed by atoms with Gasteiger partial charge in [-0.05, 0) is 47.9 Å². The molecular formula is C20H21NO2. The van der Waals surface area contributed by atoms with Crippen LogP contribution in [0.4, 0.5) is 5.69 Å². The zero-order valence-electron chi connectivity index (χ0n) is 14.0. The molecule has 0 N–H and O–H groups in total. The number of ether oxygens (including phenoxy) is 2. The summed E-state index contributed by atoms with van der Waals surface area (Å²) in [4.78, 5) is 4.66. The summed E-state index contributed by atoms with van der Waals surface area (Å²) >= 11 is 0. The molecule has 0 spiro atoms. The normalized spacial score (nSPS) is 15.7. The SMILES string of the molecule is COc1ccc(C2=Nc3ccccc3/C(=C/C(C)(C)C)O2)cc1. The third-order valence-electron chi connectivity index (χ3n) is 3.50. The van der Waals surface area contributed by atoms with Crippen molar-refractivity contribution in [3.05, 3.63) is 65.7 Å². The van der Waals surface area contributed by atoms with E-state index >= 15 is 0 Å². The second-order valence-corrected chi connectivity index (χ2v) is 6.64. The smallest absolute Gasteiger partial charge is 0.227 e. The van der Waals surface area contributed by atoms with Gasteiger partial charge in [0.25, 0.3) is 0 Å². The van der Waals surface area contributed by atoms with Gasteiger partial charge in [-0.1, -0.05) is 32.9 Å². The van der Waals surface area contributed by atoms with Crippen molar-refractivity contribution >= 4 is 17.3 Å². The van der Waals surface area contributed by atoms with E-state index in [-0.39, 0.29) is 5.41 Å². The van der Waals surface area contributed by atoms with Gasteiger partial charge in [-0.2, -0.15) is 0 Å². The van der Waals surface area contributed by atoms with Gasteiger partial charge in [0.05, 0.1) is 12.8 Å². The highest BCUT2D eigenvalue weighted by atomic mass is 16.5. The standard InChI is InChI=1S/C20H21NO2/c1-20(2,3)13-18-16-7-5-6-8-17(16)21-19(23-18)14-9-11-15(22-4)12-10-14/h5-13H,1-4H3/b18-13-. The number of methoxy groups -OCH3 is 1. The molecule has 0 amide bonds. The van der Waals surface area contributed by atoms with Crippen LogP contribution in [0.25, 0.3) is 5.76 Å². The fourth-order valence-corrected chi connectivity index (χ4v) is 2.43. The second kappa shape index (κ2) is 5.92. The Balaban J connectivity index is 2.06. The van der Waals surface area contributed by atoms with Crippen LogP contribution in [0.1, 0.15) is 31.9 Å². The first-order chi connectivity index (χ1) is 11.0. The summed E-state index contributed by atoms with van der Waals surface area (Å²) in [7, 11) is 1.66. The quantitative estimate of drug-likeness (QED) is 0.764. The number of fused-ring (bicyclic) bond motifs is 1. The Morgan fingerprint density at radius 1 is 1.00 bits per heavy atom. The van der Waals surface area contributed by atoms with E-state index in [0.717, 1.165) is 28.3 Å². The zero-order chi connectivity index (χ0) is 16.4. The molecule has 0 radical (unpaired) electrons. The van der Waals surface area contributed by atoms with Crippen LogP contribution in [0.2, 0.25) is 0 Å². The summed E-state index contributed by atoms with van der Waals surface area (Å²) in [5.41, 5.74) is 2.91. The fourth-order valence-electron chi connectivity index (χ4n) is 2.43. The van der Waals surface area contributed by atoms with E-state index in [1.807, 2.05) is 48.5 Å². The lowest BCUT2D eigenvalue weighted by molar-refractivity contribution is 0.414. The van der Waals surface area contributed by atoms with Crippen LogP contribution in [0.5, 0.6) is 5.75 Å². The summed E-state index contributed by atoms with van der Waals surface area (Å²) in [5, 5.41) is 0. The molecule has 0 saturated carbocycles. The molecule has 3 rings (SSSR count). The van der Waals surface area contributed by atoms with Crippen LogP contribution in [0.15, 0.2) is 59.6 Å². The average Bonchev–Trinajstić information content (AvgIpc) is 2.53. The summed E-state index contributed by atoms with van der Waals surface area (Å²) in [6.07, 6.45) is 2.14. The Bertz CT molecular complexity index is 765. The van der Waals surface area contributed by atoms with Crippen LogP contribution in [0.3, 0.4) is 0 Å². The van der Waals surface area contributed by atoms with Gasteiger partial charge in [0, 0.05) is 11.1 Å². The molecule has 2 aromatic carbocycles. The van der Waals surface area contributed by atoms with Gasteiger partial charge in [0.1, 0.15) is 11.5 Å². The molecule has 0 unspecified atom stereocenters. The minimum Gasteiger partial charge on any atom is -0.497 e. The topological polar surface area (TPSA) is 30.8 Å². The summed E-state index contributed by atoms with van der Waals surface area (Å²) in [6, 6.07) is 15.8. The number of para-hydroxylation sites is 1. The lowest BCUT2D eigenvalue weighted by Gasteiger charge is -2.22. The molecule has 0 saturated heterocycles. The highest BCUT2D eigenvalue weighted by Gasteiger charge is 2.21. The van der Waals surface area contributed by atoms with Gasteiger partial charge in [0.15, 0.2) is 0 Å². The van der Waals surface area contributed by atoms with E-state index in [4.69, 9.17) is 9.47 Å². The van der Waals surface area contributed by atoms with Gasteiger partial charge < -0.3 is 9.47 Å². The molecule has 0 atom stereocenters. The summed E-state index contributed by atoms with van der Waals surface area (Å²) < 4.78 is 11.3. The van der Waals surface area contributed by atoms with Crippen molar-refractivity contribution in [2.45, 2.75) is 20.8 Å². The van der Waals surface area contributed by atoms with Crippen LogP contribution in [-0.4, -0.2) is 13.0 Å². The van der Waals surface area contributed by atoms with Crippen molar-refractivity contribution in [1.29, 1.82) is 0 Å². The molecule has 2 aromatic rings. The molecule has 0 aromatic heterocycles. The predicted molar refractivity (Wildman–Crippen MR) is 94.2 cm³/mol. The van der Waals surface area contributed by atoms with Crippen LogP contribution < -0.4 is 4.74 Å². The molecule has 3 nitrogen and oxygen atoms in total. The lowest BCUT2D eigenvalue weighted by Crippen LogP contribution is -2.13. The first-order valence-corrected chi connectivity index (χ1v) is 7.69. The number of aliphatic imine (C=N–C) groups is 1. The minimum absolute atomic E-state index is 0.0187. The fraction of sp³-hybridized carbons (Fsp3) is 0.250. The Morgan fingerprint density at radius 2 is 1.70 bits per heavy atom. The van der Waals surface area contributed by atoms with E-state index in [9.17, 15) is 0 Å². The van der Waals surface area contributed by atoms with Crippen LogP contribution >= 0.6 is 0 Å². The van der Waals surface area contributed by atoms with Gasteiger partial charge >= 0.3 is 0 Å². The molecule has 0 fully saturated rings. The molecule has 0 bridgehead atoms. The molecule has 118 valence electrons. The van der Waals surface area contributed by atoms with Gasteiger partial charge in [-0.25, -0.2) is 4.99 Å². The van der Waals surface area contributed by atoms with Gasteiger partial charge in [-0.3, -0.25) is 0 Å². The third kappa shape index (κ3) is 3.45. The maximum atomic E-state index is 6.12. The van der Waals surface area contributed by atoms with Gasteiger partial charge in [0.2, 0.25) is 5.90 Å². The maximum absolute atomic E-state index is 6.12. The largest absolute Gasteiger partial charge is 0.497 e. The summed E-state index contributed by atoms with van der Waals surface area (Å²) in [5.74, 6) is 2.28. The molecule has 0 aliphatic carbocycles. The molecule has 1 heterocycles. The predicted octanol–water partition coefficient (Wildman–Crippen LogP) is 5.19. The Labute approximate surface area is 137 Å². The van der Waals surface area contributed by atoms with E-state index in [0.29, 0.717) is 5.90 Å². The molecule has 23 heavy (non-hydrogen) atoms. The van der Waals surface area contributed by atoms with Crippen molar-refractivity contribution < 1.29 is 9.47 Å². The van der Waals surface area contributed by atoms with E-state index in [1.54, 1.807) is 7.11 Å². The minimum atomic E-state index is 0.0187. The van der Waals surface area contributed by atoms with Crippen LogP contribution in [-0.2, 0) is 4.74 Å². The Hall–Kier alpha value is -2.55. The van der Waals surface area contributed by atoms with Crippen molar-refractivity contribution in [2.75, 3.05) is 7.11 Å². The van der Waals surface area contributed by atoms with Crippen molar-refractivity contribution in [2.24, 2.45) is 10.4 Å². The number of rotatable bonds is 2. The highest BCUT2D eigenvalue weighted by molar-refractivity contribution is 6.02. The number of hydrogen-bond donors (Lipinski definition) is 0. The lowest BCUT2D eigenvalue weighted by atomic mass is 9.93. The van der Waals surface area contributed by atoms with Gasteiger partial charge in [-0.15, -0.1) is 0 Å². The number of benzene rings is 2. The first kappa shape index (κ1) is 15.3. The van der Waals surface area contributed by atoms with E-state index < -0.39 is 0 Å². The third-order valence-corrected chi connectivity index (χ3v) is 3.50. The summed E-state index contributed by atoms with van der Waals surface area (Å²) in [6.45, 7) is 6.47. The zero-order valence-corrected chi connectivity index (χ0v) is 14.0. The molecule has 1 aliphatic rings. The van der Waals surface area contributed by atoms with E-state index in [1.165, 1.54) is 0 Å². The maximum Gasteiger partial charge on any atom is 0.227 e. The average molecular weight is 307 g/mol. The number of allylic oxidation sites excluding steroid dienone is 1. The van der Waals surface area contributed by atoms with Crippen molar-refractivity contribution in [3.8, 4) is 5.75 Å². The first-order valence-electron chi connectivity index (χ1n) is 7.69. The van der Waals surface area contributed by atoms with Crippen molar-refractivity contribution in [3.63, 3.8) is 0 Å². The van der Waals surface area contributed by atoms with E-state index in [2.05, 4.69) is 31.8 Å². The van der Waals surface area contributed by atoms with Crippen molar-refractivity contribution in [1.82, 2.24) is 0 Å². The highest BCUT2D eigenvalue weighted by Crippen LogP contribution is 2.36. The Kier molecular flexibility index (Phi) is 3.95. The monoisotopic (exact) mass is 307 g/mol. The number of hydrogen-bond acceptors (Lipinski definition) is 3. The molecule has 1 aliphatic heterocycles. The second-order valence-electron chi connectivity index (χ2n) is 6.64. The number of nitrogens with zero attached hydrogens (tertiary/aromatic N) is 1. The molecular weight excluding hydrogens is 286 g/mol. The Morgan fingerprint density at radius 3 is 2.35 bits per heavy atom.